The second-order valence-corrected chi connectivity index (χ2v) is 4.11. The summed E-state index contributed by atoms with van der Waals surface area (Å²) in [5.74, 6) is -0.242. The predicted molar refractivity (Wildman–Crippen MR) is 67.2 cm³/mol. The van der Waals surface area contributed by atoms with E-state index in [0.717, 1.165) is 36.1 Å². The quantitative estimate of drug-likeness (QED) is 0.601. The van der Waals surface area contributed by atoms with Gasteiger partial charge < -0.3 is 16.0 Å². The number of hydrogen-bond donors (Lipinski definition) is 2. The third-order valence-electron chi connectivity index (χ3n) is 2.72. The first-order valence-corrected chi connectivity index (χ1v) is 5.65. The number of rotatable bonds is 5. The van der Waals surface area contributed by atoms with Gasteiger partial charge in [-0.1, -0.05) is 0 Å². The van der Waals surface area contributed by atoms with Crippen molar-refractivity contribution in [1.82, 2.24) is 9.55 Å². The van der Waals surface area contributed by atoms with Gasteiger partial charge in [0.1, 0.15) is 0 Å². The van der Waals surface area contributed by atoms with Crippen molar-refractivity contribution < 1.29 is 4.79 Å². The number of hydrogen-bond acceptors (Lipinski definition) is 3. The van der Waals surface area contributed by atoms with E-state index in [1.54, 1.807) is 6.33 Å². The van der Waals surface area contributed by atoms with Crippen LogP contribution in [0.25, 0.3) is 11.0 Å². The Kier molecular flexibility index (Phi) is 3.27. The van der Waals surface area contributed by atoms with Crippen LogP contribution < -0.4 is 11.5 Å². The summed E-state index contributed by atoms with van der Waals surface area (Å²) in [6.45, 7) is 0.841. The van der Waals surface area contributed by atoms with Gasteiger partial charge in [-0.25, -0.2) is 4.98 Å². The van der Waals surface area contributed by atoms with E-state index in [1.165, 1.54) is 0 Å². The standard InChI is InChI=1S/C12H16N4O/c13-9-4-5-11-10(7-9)15-8-16(11)6-2-1-3-12(14)17/h4-5,7-8H,1-3,6,13H2,(H2,14,17). The Bertz CT molecular complexity index is 532. The van der Waals surface area contributed by atoms with E-state index >= 15 is 0 Å². The van der Waals surface area contributed by atoms with Crippen LogP contribution in [0.2, 0.25) is 0 Å². The monoisotopic (exact) mass is 232 g/mol. The predicted octanol–water partition coefficient (Wildman–Crippen LogP) is 1.27. The lowest BCUT2D eigenvalue weighted by atomic mass is 10.2. The molecule has 17 heavy (non-hydrogen) atoms. The van der Waals surface area contributed by atoms with E-state index in [9.17, 15) is 4.79 Å². The number of anilines is 1. The number of aromatic nitrogens is 2. The number of unbranched alkanes of at least 4 members (excludes halogenated alkanes) is 1. The zero-order valence-electron chi connectivity index (χ0n) is 9.60. The molecule has 0 fully saturated rings. The Hall–Kier alpha value is -2.04. The third kappa shape index (κ3) is 2.75. The van der Waals surface area contributed by atoms with Crippen molar-refractivity contribution in [2.45, 2.75) is 25.8 Å². The molecule has 0 saturated heterocycles. The summed E-state index contributed by atoms with van der Waals surface area (Å²) in [6, 6.07) is 5.69. The molecule has 5 nitrogen and oxygen atoms in total. The molecule has 0 aliphatic rings. The number of nitrogen functional groups attached to an aromatic ring is 1. The third-order valence-corrected chi connectivity index (χ3v) is 2.72. The fourth-order valence-corrected chi connectivity index (χ4v) is 1.84. The highest BCUT2D eigenvalue weighted by Gasteiger charge is 2.02. The van der Waals surface area contributed by atoms with Crippen molar-refractivity contribution in [1.29, 1.82) is 0 Å². The van der Waals surface area contributed by atoms with Gasteiger partial charge in [0.15, 0.2) is 0 Å². The summed E-state index contributed by atoms with van der Waals surface area (Å²) >= 11 is 0. The summed E-state index contributed by atoms with van der Waals surface area (Å²) in [7, 11) is 0. The molecule has 90 valence electrons. The second kappa shape index (κ2) is 4.86. The van der Waals surface area contributed by atoms with Crippen LogP contribution in [-0.2, 0) is 11.3 Å². The minimum atomic E-state index is -0.242. The highest BCUT2D eigenvalue weighted by Crippen LogP contribution is 2.16. The molecular formula is C12H16N4O. The van der Waals surface area contributed by atoms with E-state index in [0.29, 0.717) is 6.42 Å². The summed E-state index contributed by atoms with van der Waals surface area (Å²) < 4.78 is 2.07. The maximum Gasteiger partial charge on any atom is 0.217 e. The molecule has 2 rings (SSSR count). The van der Waals surface area contributed by atoms with Crippen molar-refractivity contribution in [2.75, 3.05) is 5.73 Å². The Morgan fingerprint density at radius 3 is 2.94 bits per heavy atom. The van der Waals surface area contributed by atoms with Gasteiger partial charge in [-0.2, -0.15) is 0 Å². The van der Waals surface area contributed by atoms with Gasteiger partial charge in [0.2, 0.25) is 5.91 Å². The number of benzene rings is 1. The first-order valence-electron chi connectivity index (χ1n) is 5.65. The molecular weight excluding hydrogens is 216 g/mol. The van der Waals surface area contributed by atoms with Crippen LogP contribution in [0.15, 0.2) is 24.5 Å². The number of amides is 1. The number of carbonyl (C=O) groups is 1. The minimum absolute atomic E-state index is 0.242. The molecule has 0 saturated carbocycles. The smallest absolute Gasteiger partial charge is 0.217 e. The zero-order chi connectivity index (χ0) is 12.3. The van der Waals surface area contributed by atoms with Crippen LogP contribution in [0, 0.1) is 0 Å². The van der Waals surface area contributed by atoms with Crippen molar-refractivity contribution in [3.8, 4) is 0 Å². The molecule has 0 aliphatic carbocycles. The van der Waals surface area contributed by atoms with Gasteiger partial charge in [0, 0.05) is 18.7 Å². The van der Waals surface area contributed by atoms with E-state index in [2.05, 4.69) is 9.55 Å². The first kappa shape index (κ1) is 11.4. The Labute approximate surface area is 99.4 Å². The highest BCUT2D eigenvalue weighted by molar-refractivity contribution is 5.78. The molecule has 1 aromatic heterocycles. The number of imidazole rings is 1. The van der Waals surface area contributed by atoms with Gasteiger partial charge >= 0.3 is 0 Å². The largest absolute Gasteiger partial charge is 0.399 e. The lowest BCUT2D eigenvalue weighted by Gasteiger charge is -2.03. The second-order valence-electron chi connectivity index (χ2n) is 4.11. The number of aryl methyl sites for hydroxylation is 1. The van der Waals surface area contributed by atoms with Crippen LogP contribution in [0.3, 0.4) is 0 Å². The molecule has 0 aliphatic heterocycles. The van der Waals surface area contributed by atoms with Crippen LogP contribution >= 0.6 is 0 Å². The normalized spacial score (nSPS) is 10.8. The zero-order valence-corrected chi connectivity index (χ0v) is 9.60. The number of primary amides is 1. The van der Waals surface area contributed by atoms with Gasteiger partial charge in [-0.3, -0.25) is 4.79 Å². The molecule has 0 spiro atoms. The molecule has 1 heterocycles. The Balaban J connectivity index is 2.01. The lowest BCUT2D eigenvalue weighted by molar-refractivity contribution is -0.118. The van der Waals surface area contributed by atoms with E-state index < -0.39 is 0 Å². The van der Waals surface area contributed by atoms with E-state index in [4.69, 9.17) is 11.5 Å². The molecule has 0 bridgehead atoms. The average Bonchev–Trinajstić information content (AvgIpc) is 2.66. The molecule has 2 aromatic rings. The lowest BCUT2D eigenvalue weighted by Crippen LogP contribution is -2.10. The topological polar surface area (TPSA) is 86.9 Å². The van der Waals surface area contributed by atoms with E-state index in [-0.39, 0.29) is 5.91 Å². The fraction of sp³-hybridized carbons (Fsp3) is 0.333. The molecule has 0 unspecified atom stereocenters. The number of fused-ring (bicyclic) bond motifs is 1. The number of carbonyl (C=O) groups excluding carboxylic acids is 1. The number of nitrogens with two attached hydrogens (primary N) is 2. The fourth-order valence-electron chi connectivity index (χ4n) is 1.84. The van der Waals surface area contributed by atoms with Gasteiger partial charge in [-0.15, -0.1) is 0 Å². The summed E-state index contributed by atoms with van der Waals surface area (Å²) in [5.41, 5.74) is 13.5. The van der Waals surface area contributed by atoms with Crippen molar-refractivity contribution >= 4 is 22.6 Å². The van der Waals surface area contributed by atoms with Crippen LogP contribution in [0.1, 0.15) is 19.3 Å². The summed E-state index contributed by atoms with van der Waals surface area (Å²) in [5, 5.41) is 0. The van der Waals surface area contributed by atoms with E-state index in [1.807, 2.05) is 18.2 Å². The first-order chi connectivity index (χ1) is 8.16. The Morgan fingerprint density at radius 1 is 1.35 bits per heavy atom. The van der Waals surface area contributed by atoms with Crippen molar-refractivity contribution in [3.63, 3.8) is 0 Å². The summed E-state index contributed by atoms with van der Waals surface area (Å²) in [6.07, 6.45) is 3.97. The minimum Gasteiger partial charge on any atom is -0.399 e. The maximum atomic E-state index is 10.6. The van der Waals surface area contributed by atoms with Crippen LogP contribution in [-0.4, -0.2) is 15.5 Å². The molecule has 5 heteroatoms. The average molecular weight is 232 g/mol. The van der Waals surface area contributed by atoms with Crippen LogP contribution in [0.4, 0.5) is 5.69 Å². The molecule has 1 aromatic carbocycles. The van der Waals surface area contributed by atoms with Crippen molar-refractivity contribution in [3.05, 3.63) is 24.5 Å². The van der Waals surface area contributed by atoms with Gasteiger partial charge in [-0.05, 0) is 31.0 Å². The Morgan fingerprint density at radius 2 is 2.18 bits per heavy atom. The SMILES string of the molecule is NC(=O)CCCCn1cnc2cc(N)ccc21. The number of nitrogens with zero attached hydrogens (tertiary/aromatic N) is 2. The van der Waals surface area contributed by atoms with Gasteiger partial charge in [0.05, 0.1) is 17.4 Å². The van der Waals surface area contributed by atoms with Crippen LogP contribution in [0.5, 0.6) is 0 Å². The molecule has 1 amide bonds. The van der Waals surface area contributed by atoms with Gasteiger partial charge in [0.25, 0.3) is 0 Å². The maximum absolute atomic E-state index is 10.6. The molecule has 0 radical (unpaired) electrons. The molecule has 0 atom stereocenters. The molecule has 4 N–H and O–H groups in total. The summed E-state index contributed by atoms with van der Waals surface area (Å²) in [4.78, 5) is 14.9. The highest BCUT2D eigenvalue weighted by atomic mass is 16.1. The van der Waals surface area contributed by atoms with Crippen molar-refractivity contribution in [2.24, 2.45) is 5.73 Å².